The van der Waals surface area contributed by atoms with Gasteiger partial charge in [0.15, 0.2) is 6.29 Å². The number of ether oxygens (including phenoxy) is 3. The second kappa shape index (κ2) is 13.6. The van der Waals surface area contributed by atoms with Crippen LogP contribution in [-0.2, 0) is 15.6 Å². The normalized spacial score (nSPS) is 17.1. The minimum atomic E-state index is -4.35. The number of alkyl halides is 2. The monoisotopic (exact) mass is 634 g/mol. The van der Waals surface area contributed by atoms with Crippen molar-refractivity contribution in [2.24, 2.45) is 5.92 Å². The Morgan fingerprint density at radius 2 is 1.36 bits per heavy atom. The molecule has 0 atom stereocenters. The molecule has 1 heterocycles. The Kier molecular flexibility index (Phi) is 9.87. The van der Waals surface area contributed by atoms with Gasteiger partial charge in [0.05, 0.1) is 18.2 Å². The summed E-state index contributed by atoms with van der Waals surface area (Å²) in [5, 5.41) is -0.0871. The van der Waals surface area contributed by atoms with E-state index >= 15 is 8.78 Å². The summed E-state index contributed by atoms with van der Waals surface area (Å²) in [6.07, 6.45) is -1.33. The average molecular weight is 635 g/mol. The molecule has 1 fully saturated rings. The maximum Gasteiger partial charge on any atom is 0.432 e. The summed E-state index contributed by atoms with van der Waals surface area (Å²) in [5.41, 5.74) is -0.293. The summed E-state index contributed by atoms with van der Waals surface area (Å²) < 4.78 is 104. The zero-order chi connectivity index (χ0) is 31.4. The fraction of sp³-hybridized carbons (Fsp3) is 0.294. The van der Waals surface area contributed by atoms with Crippen LogP contribution < -0.4 is 4.74 Å². The quantitative estimate of drug-likeness (QED) is 0.128. The van der Waals surface area contributed by atoms with E-state index in [1.165, 1.54) is 48.5 Å². The zero-order valence-electron chi connectivity index (χ0n) is 23.7. The Morgan fingerprint density at radius 1 is 0.750 bits per heavy atom. The van der Waals surface area contributed by atoms with Crippen molar-refractivity contribution >= 4 is 11.6 Å². The summed E-state index contributed by atoms with van der Waals surface area (Å²) in [7, 11) is 0. The lowest BCUT2D eigenvalue weighted by atomic mass is 9.99. The van der Waals surface area contributed by atoms with Crippen LogP contribution in [0.25, 0.3) is 22.3 Å². The molecule has 1 saturated heterocycles. The van der Waals surface area contributed by atoms with Crippen LogP contribution in [0.3, 0.4) is 0 Å². The highest BCUT2D eigenvalue weighted by Crippen LogP contribution is 2.38. The highest BCUT2D eigenvalue weighted by Gasteiger charge is 2.42. The molecule has 0 N–H and O–H groups in total. The van der Waals surface area contributed by atoms with Crippen molar-refractivity contribution < 1.29 is 40.6 Å². The van der Waals surface area contributed by atoms with E-state index < -0.39 is 41.2 Å². The van der Waals surface area contributed by atoms with Crippen LogP contribution in [0.4, 0.5) is 26.3 Å². The predicted molar refractivity (Wildman–Crippen MR) is 155 cm³/mol. The van der Waals surface area contributed by atoms with Crippen molar-refractivity contribution in [2.75, 3.05) is 13.2 Å². The topological polar surface area (TPSA) is 27.7 Å². The number of benzene rings is 4. The second-order valence-corrected chi connectivity index (χ2v) is 11.1. The molecule has 1 aliphatic heterocycles. The Morgan fingerprint density at radius 3 is 1.98 bits per heavy atom. The smallest absolute Gasteiger partial charge is 0.429 e. The number of unbranched alkanes of at least 4 members (excludes halogenated alkanes) is 2. The zero-order valence-corrected chi connectivity index (χ0v) is 24.5. The third-order valence-corrected chi connectivity index (χ3v) is 7.75. The first-order valence-corrected chi connectivity index (χ1v) is 14.6. The number of hydrogen-bond acceptors (Lipinski definition) is 3. The Labute approximate surface area is 256 Å². The molecule has 0 aromatic heterocycles. The Hall–Kier alpha value is -3.53. The van der Waals surface area contributed by atoms with Crippen LogP contribution in [0.15, 0.2) is 72.8 Å². The van der Waals surface area contributed by atoms with Gasteiger partial charge in [-0.25, -0.2) is 17.6 Å². The van der Waals surface area contributed by atoms with Crippen LogP contribution in [0, 0.1) is 29.2 Å². The molecule has 3 nitrogen and oxygen atoms in total. The van der Waals surface area contributed by atoms with Gasteiger partial charge < -0.3 is 14.2 Å². The van der Waals surface area contributed by atoms with E-state index in [2.05, 4.69) is 6.92 Å². The van der Waals surface area contributed by atoms with E-state index in [4.69, 9.17) is 25.8 Å². The molecule has 0 amide bonds. The maximum atomic E-state index is 15.0. The summed E-state index contributed by atoms with van der Waals surface area (Å²) in [5.74, 6) is -4.54. The second-order valence-electron chi connectivity index (χ2n) is 10.7. The van der Waals surface area contributed by atoms with Crippen molar-refractivity contribution in [3.63, 3.8) is 0 Å². The van der Waals surface area contributed by atoms with E-state index in [0.717, 1.165) is 43.9 Å². The predicted octanol–water partition coefficient (Wildman–Crippen LogP) is 10.6. The fourth-order valence-electron chi connectivity index (χ4n) is 5.10. The largest absolute Gasteiger partial charge is 0.432 e. The van der Waals surface area contributed by atoms with Crippen molar-refractivity contribution in [3.8, 4) is 28.0 Å². The first-order chi connectivity index (χ1) is 21.1. The van der Waals surface area contributed by atoms with Gasteiger partial charge in [0.1, 0.15) is 34.6 Å². The standard InChI is InChI=1S/C34H29ClF6O3/c1-2-3-4-5-20-18-42-33(43-19-20)24-16-30(38)32(31(39)17-24)34(40,41)44-25-10-6-21(7-11-25)22-8-12-26(28(36)14-22)23-9-13-27(35)29(37)15-23/h6-17,20,33H,2-5,18-19H2,1H3. The van der Waals surface area contributed by atoms with Crippen LogP contribution in [-0.4, -0.2) is 13.2 Å². The lowest BCUT2D eigenvalue weighted by molar-refractivity contribution is -0.206. The van der Waals surface area contributed by atoms with Crippen molar-refractivity contribution in [2.45, 2.75) is 45.0 Å². The molecule has 232 valence electrons. The van der Waals surface area contributed by atoms with Gasteiger partial charge in [-0.05, 0) is 65.6 Å². The first-order valence-electron chi connectivity index (χ1n) is 14.2. The molecule has 0 aliphatic carbocycles. The first kappa shape index (κ1) is 31.9. The summed E-state index contributed by atoms with van der Waals surface area (Å²) in [6.45, 7) is 2.78. The third-order valence-electron chi connectivity index (χ3n) is 7.44. The molecule has 44 heavy (non-hydrogen) atoms. The van der Waals surface area contributed by atoms with Crippen molar-refractivity contribution in [3.05, 3.63) is 112 Å². The van der Waals surface area contributed by atoms with Gasteiger partial charge in [0.25, 0.3) is 0 Å². The van der Waals surface area contributed by atoms with Gasteiger partial charge >= 0.3 is 6.11 Å². The highest BCUT2D eigenvalue weighted by molar-refractivity contribution is 6.30. The minimum absolute atomic E-state index is 0.0460. The molecule has 0 radical (unpaired) electrons. The number of halogens is 7. The lowest BCUT2D eigenvalue weighted by Gasteiger charge is -2.30. The molecule has 4 aromatic rings. The van der Waals surface area contributed by atoms with E-state index in [0.29, 0.717) is 29.9 Å². The minimum Gasteiger partial charge on any atom is -0.429 e. The fourth-order valence-corrected chi connectivity index (χ4v) is 5.22. The van der Waals surface area contributed by atoms with E-state index in [9.17, 15) is 17.6 Å². The van der Waals surface area contributed by atoms with Crippen molar-refractivity contribution in [1.29, 1.82) is 0 Å². The van der Waals surface area contributed by atoms with Gasteiger partial charge in [0.2, 0.25) is 0 Å². The van der Waals surface area contributed by atoms with Crippen LogP contribution in [0.2, 0.25) is 5.02 Å². The third kappa shape index (κ3) is 7.22. The van der Waals surface area contributed by atoms with Crippen molar-refractivity contribution in [1.82, 2.24) is 0 Å². The van der Waals surface area contributed by atoms with Crippen LogP contribution in [0.1, 0.15) is 50.0 Å². The summed E-state index contributed by atoms with van der Waals surface area (Å²) in [4.78, 5) is 0. The van der Waals surface area contributed by atoms with Gasteiger partial charge in [-0.3, -0.25) is 0 Å². The molecule has 10 heteroatoms. The number of rotatable bonds is 10. The molecule has 1 aliphatic rings. The average Bonchev–Trinajstić information content (AvgIpc) is 2.99. The summed E-state index contributed by atoms with van der Waals surface area (Å²) >= 11 is 5.70. The van der Waals surface area contributed by atoms with E-state index in [1.807, 2.05) is 0 Å². The van der Waals surface area contributed by atoms with Crippen LogP contribution >= 0.6 is 11.6 Å². The van der Waals surface area contributed by atoms with Gasteiger partial charge in [-0.15, -0.1) is 0 Å². The molecular weight excluding hydrogens is 606 g/mol. The van der Waals surface area contributed by atoms with Crippen LogP contribution in [0.5, 0.6) is 5.75 Å². The summed E-state index contributed by atoms with van der Waals surface area (Å²) in [6, 6.07) is 14.8. The molecular formula is C34H29ClF6O3. The van der Waals surface area contributed by atoms with E-state index in [-0.39, 0.29) is 27.8 Å². The molecule has 0 saturated carbocycles. The molecule has 0 spiro atoms. The molecule has 0 bridgehead atoms. The van der Waals surface area contributed by atoms with Gasteiger partial charge in [-0.1, -0.05) is 68.1 Å². The lowest BCUT2D eigenvalue weighted by Crippen LogP contribution is -2.28. The molecule has 0 unspecified atom stereocenters. The van der Waals surface area contributed by atoms with E-state index in [1.54, 1.807) is 6.07 Å². The Bertz CT molecular complexity index is 1580. The number of hydrogen-bond donors (Lipinski definition) is 0. The Balaban J connectivity index is 1.26. The molecule has 5 rings (SSSR count). The molecule has 4 aromatic carbocycles. The highest BCUT2D eigenvalue weighted by atomic mass is 35.5. The van der Waals surface area contributed by atoms with Gasteiger partial charge in [-0.2, -0.15) is 8.78 Å². The SMILES string of the molecule is CCCCCC1COC(c2cc(F)c(C(F)(F)Oc3ccc(-c4ccc(-c5ccc(Cl)c(F)c5)c(F)c4)cc3)c(F)c2)OC1. The maximum absolute atomic E-state index is 15.0. The van der Waals surface area contributed by atoms with Gasteiger partial charge in [0, 0.05) is 17.0 Å².